The van der Waals surface area contributed by atoms with E-state index in [2.05, 4.69) is 0 Å². The second kappa shape index (κ2) is 4.51. The minimum Gasteiger partial charge on any atom is -0.486 e. The molecule has 1 aromatic rings. The second-order valence-corrected chi connectivity index (χ2v) is 3.49. The first kappa shape index (κ1) is 10.3. The Kier molecular flexibility index (Phi) is 3.08. The van der Waals surface area contributed by atoms with Gasteiger partial charge in [-0.1, -0.05) is 12.1 Å². The van der Waals surface area contributed by atoms with Crippen molar-refractivity contribution >= 4 is 0 Å². The lowest BCUT2D eigenvalue weighted by molar-refractivity contribution is 0.167. The highest BCUT2D eigenvalue weighted by atomic mass is 16.6. The molecule has 0 saturated carbocycles. The SMILES string of the molecule is NCC(CO)c1cccc2c1OCCO2. The van der Waals surface area contributed by atoms with Crippen LogP contribution in [0.25, 0.3) is 0 Å². The van der Waals surface area contributed by atoms with E-state index in [0.717, 1.165) is 17.1 Å². The van der Waals surface area contributed by atoms with E-state index in [9.17, 15) is 5.11 Å². The standard InChI is InChI=1S/C11H15NO3/c12-6-8(7-13)9-2-1-3-10-11(9)15-5-4-14-10/h1-3,8,13H,4-7,12H2. The molecule has 3 N–H and O–H groups in total. The molecule has 0 radical (unpaired) electrons. The summed E-state index contributed by atoms with van der Waals surface area (Å²) in [4.78, 5) is 0. The normalized spacial score (nSPS) is 16.1. The number of rotatable bonds is 3. The number of fused-ring (bicyclic) bond motifs is 1. The van der Waals surface area contributed by atoms with Gasteiger partial charge in [0, 0.05) is 18.0 Å². The van der Waals surface area contributed by atoms with Gasteiger partial charge in [0.15, 0.2) is 11.5 Å². The van der Waals surface area contributed by atoms with Crippen LogP contribution >= 0.6 is 0 Å². The van der Waals surface area contributed by atoms with E-state index < -0.39 is 0 Å². The van der Waals surface area contributed by atoms with Crippen molar-refractivity contribution in [3.8, 4) is 11.5 Å². The second-order valence-electron chi connectivity index (χ2n) is 3.49. The molecule has 1 aliphatic heterocycles. The van der Waals surface area contributed by atoms with E-state index in [-0.39, 0.29) is 12.5 Å². The molecular weight excluding hydrogens is 194 g/mol. The molecule has 0 aromatic heterocycles. The molecule has 0 saturated heterocycles. The summed E-state index contributed by atoms with van der Waals surface area (Å²) in [6.07, 6.45) is 0. The fourth-order valence-electron chi connectivity index (χ4n) is 1.72. The lowest BCUT2D eigenvalue weighted by Gasteiger charge is -2.23. The Balaban J connectivity index is 2.38. The van der Waals surface area contributed by atoms with Gasteiger partial charge in [0.25, 0.3) is 0 Å². The van der Waals surface area contributed by atoms with Gasteiger partial charge in [-0.2, -0.15) is 0 Å². The Hall–Kier alpha value is -1.26. The quantitative estimate of drug-likeness (QED) is 0.760. The molecule has 1 unspecified atom stereocenters. The minimum atomic E-state index is -0.0818. The summed E-state index contributed by atoms with van der Waals surface area (Å²) in [7, 11) is 0. The smallest absolute Gasteiger partial charge is 0.164 e. The van der Waals surface area contributed by atoms with Crippen LogP contribution in [0.2, 0.25) is 0 Å². The predicted octanol–water partition coefficient (Wildman–Crippen LogP) is 0.492. The summed E-state index contributed by atoms with van der Waals surface area (Å²) in [5.74, 6) is 1.39. The average molecular weight is 209 g/mol. The number of benzene rings is 1. The highest BCUT2D eigenvalue weighted by molar-refractivity contribution is 5.49. The van der Waals surface area contributed by atoms with Gasteiger partial charge in [0.1, 0.15) is 13.2 Å². The van der Waals surface area contributed by atoms with Crippen molar-refractivity contribution in [2.75, 3.05) is 26.4 Å². The Morgan fingerprint density at radius 1 is 1.33 bits per heavy atom. The van der Waals surface area contributed by atoms with Crippen molar-refractivity contribution < 1.29 is 14.6 Å². The number of para-hydroxylation sites is 1. The molecule has 1 atom stereocenters. The van der Waals surface area contributed by atoms with Crippen molar-refractivity contribution in [1.29, 1.82) is 0 Å². The van der Waals surface area contributed by atoms with Gasteiger partial charge in [-0.3, -0.25) is 0 Å². The predicted molar refractivity (Wildman–Crippen MR) is 56.3 cm³/mol. The molecular formula is C11H15NO3. The summed E-state index contributed by atoms with van der Waals surface area (Å²) in [5, 5.41) is 9.20. The number of aliphatic hydroxyl groups is 1. The zero-order chi connectivity index (χ0) is 10.7. The first-order valence-electron chi connectivity index (χ1n) is 5.06. The highest BCUT2D eigenvalue weighted by Crippen LogP contribution is 2.37. The van der Waals surface area contributed by atoms with Crippen LogP contribution in [0.3, 0.4) is 0 Å². The third kappa shape index (κ3) is 1.91. The largest absolute Gasteiger partial charge is 0.486 e. The van der Waals surface area contributed by atoms with Gasteiger partial charge < -0.3 is 20.3 Å². The summed E-state index contributed by atoms with van der Waals surface area (Å²) in [6, 6.07) is 5.67. The van der Waals surface area contributed by atoms with Crippen LogP contribution in [0.4, 0.5) is 0 Å². The van der Waals surface area contributed by atoms with Crippen LogP contribution in [0.1, 0.15) is 11.5 Å². The van der Waals surface area contributed by atoms with Gasteiger partial charge in [0.05, 0.1) is 6.61 Å². The Morgan fingerprint density at radius 2 is 2.13 bits per heavy atom. The van der Waals surface area contributed by atoms with Crippen LogP contribution in [0.15, 0.2) is 18.2 Å². The topological polar surface area (TPSA) is 64.7 Å². The van der Waals surface area contributed by atoms with Crippen LogP contribution in [0, 0.1) is 0 Å². The number of nitrogens with two attached hydrogens (primary N) is 1. The molecule has 0 aliphatic carbocycles. The number of ether oxygens (including phenoxy) is 2. The Bertz CT molecular complexity index is 337. The maximum absolute atomic E-state index is 9.20. The molecule has 0 spiro atoms. The molecule has 1 aromatic carbocycles. The zero-order valence-electron chi connectivity index (χ0n) is 8.48. The molecule has 1 heterocycles. The average Bonchev–Trinajstić information content (AvgIpc) is 2.31. The summed E-state index contributed by atoms with van der Waals surface area (Å²) in [6.45, 7) is 1.54. The number of aliphatic hydroxyl groups excluding tert-OH is 1. The maximum Gasteiger partial charge on any atom is 0.164 e. The fraction of sp³-hybridized carbons (Fsp3) is 0.455. The van der Waals surface area contributed by atoms with E-state index in [1.54, 1.807) is 0 Å². The lowest BCUT2D eigenvalue weighted by Crippen LogP contribution is -2.21. The molecule has 0 fully saturated rings. The maximum atomic E-state index is 9.20. The van der Waals surface area contributed by atoms with Gasteiger partial charge in [-0.15, -0.1) is 0 Å². The monoisotopic (exact) mass is 209 g/mol. The third-order valence-electron chi connectivity index (χ3n) is 2.54. The third-order valence-corrected chi connectivity index (χ3v) is 2.54. The van der Waals surface area contributed by atoms with Crippen molar-refractivity contribution in [2.24, 2.45) is 5.73 Å². The van der Waals surface area contributed by atoms with Gasteiger partial charge in [-0.05, 0) is 6.07 Å². The highest BCUT2D eigenvalue weighted by Gasteiger charge is 2.20. The van der Waals surface area contributed by atoms with Crippen molar-refractivity contribution in [2.45, 2.75) is 5.92 Å². The molecule has 1 aliphatic rings. The number of hydrogen-bond donors (Lipinski definition) is 2. The van der Waals surface area contributed by atoms with Crippen molar-refractivity contribution in [1.82, 2.24) is 0 Å². The molecule has 0 amide bonds. The van der Waals surface area contributed by atoms with E-state index in [1.807, 2.05) is 18.2 Å². The summed E-state index contributed by atoms with van der Waals surface area (Å²) in [5.41, 5.74) is 6.52. The van der Waals surface area contributed by atoms with Crippen LogP contribution in [0.5, 0.6) is 11.5 Å². The van der Waals surface area contributed by atoms with Crippen LogP contribution < -0.4 is 15.2 Å². The van der Waals surface area contributed by atoms with Crippen LogP contribution in [-0.2, 0) is 0 Å². The van der Waals surface area contributed by atoms with Gasteiger partial charge >= 0.3 is 0 Å². The van der Waals surface area contributed by atoms with Crippen molar-refractivity contribution in [3.63, 3.8) is 0 Å². The number of hydrogen-bond acceptors (Lipinski definition) is 4. The van der Waals surface area contributed by atoms with E-state index >= 15 is 0 Å². The Morgan fingerprint density at radius 3 is 2.87 bits per heavy atom. The molecule has 15 heavy (non-hydrogen) atoms. The molecule has 0 bridgehead atoms. The van der Waals surface area contributed by atoms with E-state index in [0.29, 0.717) is 19.8 Å². The molecule has 4 nitrogen and oxygen atoms in total. The molecule has 2 rings (SSSR count). The summed E-state index contributed by atoms with van der Waals surface area (Å²) >= 11 is 0. The first-order chi connectivity index (χ1) is 7.36. The molecule has 82 valence electrons. The fourth-order valence-corrected chi connectivity index (χ4v) is 1.72. The van der Waals surface area contributed by atoms with Gasteiger partial charge in [-0.25, -0.2) is 0 Å². The van der Waals surface area contributed by atoms with E-state index in [4.69, 9.17) is 15.2 Å². The minimum absolute atomic E-state index is 0.0241. The first-order valence-corrected chi connectivity index (χ1v) is 5.06. The Labute approximate surface area is 88.6 Å². The molecule has 4 heteroatoms. The zero-order valence-corrected chi connectivity index (χ0v) is 8.48. The lowest BCUT2D eigenvalue weighted by atomic mass is 9.98. The summed E-state index contributed by atoms with van der Waals surface area (Å²) < 4.78 is 11.0. The van der Waals surface area contributed by atoms with Gasteiger partial charge in [0.2, 0.25) is 0 Å². The van der Waals surface area contributed by atoms with Crippen molar-refractivity contribution in [3.05, 3.63) is 23.8 Å². The van der Waals surface area contributed by atoms with Crippen LogP contribution in [-0.4, -0.2) is 31.5 Å². The van der Waals surface area contributed by atoms with E-state index in [1.165, 1.54) is 0 Å².